The first-order valence-electron chi connectivity index (χ1n) is 8.15. The number of halogens is 1. The van der Waals surface area contributed by atoms with E-state index >= 15 is 0 Å². The van der Waals surface area contributed by atoms with Crippen molar-refractivity contribution in [3.8, 4) is 0 Å². The molecule has 1 aliphatic rings. The average molecular weight is 382 g/mol. The number of benzene rings is 1. The van der Waals surface area contributed by atoms with Gasteiger partial charge in [0, 0.05) is 18.0 Å². The number of hydrogen-bond acceptors (Lipinski definition) is 5. The van der Waals surface area contributed by atoms with Crippen molar-refractivity contribution < 1.29 is 23.9 Å². The average Bonchev–Trinajstić information content (AvgIpc) is 2.92. The molecule has 140 valence electrons. The highest BCUT2D eigenvalue weighted by molar-refractivity contribution is 6.30. The first kappa shape index (κ1) is 19.7. The van der Waals surface area contributed by atoms with Gasteiger partial charge in [0.05, 0.1) is 12.6 Å². The number of rotatable bonds is 8. The Morgan fingerprint density at radius 1 is 1.38 bits per heavy atom. The molecule has 26 heavy (non-hydrogen) atoms. The molecule has 1 atom stereocenters. The fourth-order valence-electron chi connectivity index (χ4n) is 2.42. The number of amides is 4. The molecular formula is C17H20ClN3O5. The summed E-state index contributed by atoms with van der Waals surface area (Å²) in [5.74, 6) is -1.32. The van der Waals surface area contributed by atoms with Crippen molar-refractivity contribution in [3.05, 3.63) is 34.9 Å². The molecular weight excluding hydrogens is 362 g/mol. The molecule has 2 rings (SSSR count). The maximum absolute atomic E-state index is 11.9. The third-order valence-electron chi connectivity index (χ3n) is 3.79. The van der Waals surface area contributed by atoms with Crippen LogP contribution in [0.15, 0.2) is 24.3 Å². The zero-order chi connectivity index (χ0) is 19.1. The Balaban J connectivity index is 1.66. The Hall–Kier alpha value is -2.61. The quantitative estimate of drug-likeness (QED) is 0.523. The molecule has 1 saturated heterocycles. The molecule has 1 fully saturated rings. The molecule has 0 bridgehead atoms. The number of urea groups is 1. The van der Waals surface area contributed by atoms with Crippen molar-refractivity contribution in [1.82, 2.24) is 15.5 Å². The van der Waals surface area contributed by atoms with E-state index in [9.17, 15) is 19.2 Å². The third-order valence-corrected chi connectivity index (χ3v) is 4.03. The minimum atomic E-state index is -0.567. The molecule has 0 aliphatic carbocycles. The second-order valence-corrected chi connectivity index (χ2v) is 6.25. The first-order chi connectivity index (χ1) is 12.4. The van der Waals surface area contributed by atoms with Crippen LogP contribution in [0.2, 0.25) is 5.02 Å². The number of ether oxygens (including phenoxy) is 1. The predicted molar refractivity (Wildman–Crippen MR) is 93.3 cm³/mol. The number of nitrogens with one attached hydrogen (secondary N) is 2. The second kappa shape index (κ2) is 9.19. The summed E-state index contributed by atoms with van der Waals surface area (Å²) < 4.78 is 4.90. The molecule has 0 aromatic heterocycles. The summed E-state index contributed by atoms with van der Waals surface area (Å²) in [7, 11) is 0. The van der Waals surface area contributed by atoms with Crippen LogP contribution in [0.5, 0.6) is 0 Å². The molecule has 2 N–H and O–H groups in total. The van der Waals surface area contributed by atoms with Gasteiger partial charge in [-0.05, 0) is 31.0 Å². The van der Waals surface area contributed by atoms with E-state index in [-0.39, 0.29) is 37.9 Å². The van der Waals surface area contributed by atoms with E-state index in [1.54, 1.807) is 25.1 Å². The lowest BCUT2D eigenvalue weighted by atomic mass is 10.1. The fraction of sp³-hybridized carbons (Fsp3) is 0.412. The van der Waals surface area contributed by atoms with Gasteiger partial charge in [0.25, 0.3) is 5.91 Å². The van der Waals surface area contributed by atoms with Gasteiger partial charge in [-0.2, -0.15) is 0 Å². The van der Waals surface area contributed by atoms with Gasteiger partial charge in [-0.3, -0.25) is 19.3 Å². The second-order valence-electron chi connectivity index (χ2n) is 5.81. The van der Waals surface area contributed by atoms with Gasteiger partial charge in [-0.25, -0.2) is 4.79 Å². The highest BCUT2D eigenvalue weighted by Gasteiger charge is 2.27. The first-order valence-corrected chi connectivity index (χ1v) is 8.53. The summed E-state index contributed by atoms with van der Waals surface area (Å²) in [6.07, 6.45) is 0.284. The van der Waals surface area contributed by atoms with Crippen LogP contribution >= 0.6 is 11.6 Å². The molecule has 9 heteroatoms. The Labute approximate surface area is 155 Å². The summed E-state index contributed by atoms with van der Waals surface area (Å²) in [5.41, 5.74) is 0.839. The minimum absolute atomic E-state index is 0.00812. The highest BCUT2D eigenvalue weighted by Crippen LogP contribution is 2.17. The van der Waals surface area contributed by atoms with Crippen LogP contribution in [0.4, 0.5) is 4.79 Å². The lowest BCUT2D eigenvalue weighted by Gasteiger charge is -2.15. The van der Waals surface area contributed by atoms with Crippen LogP contribution in [0.3, 0.4) is 0 Å². The molecule has 8 nitrogen and oxygen atoms in total. The molecule has 0 saturated carbocycles. The number of carbonyl (C=O) groups is 4. The van der Waals surface area contributed by atoms with Crippen molar-refractivity contribution >= 4 is 35.4 Å². The number of hydrogen-bond donors (Lipinski definition) is 2. The summed E-state index contributed by atoms with van der Waals surface area (Å²) in [6.45, 7) is 1.52. The summed E-state index contributed by atoms with van der Waals surface area (Å²) in [4.78, 5) is 47.3. The minimum Gasteiger partial charge on any atom is -0.456 e. The van der Waals surface area contributed by atoms with E-state index < -0.39 is 24.5 Å². The van der Waals surface area contributed by atoms with Crippen LogP contribution < -0.4 is 10.6 Å². The standard InChI is InChI=1S/C17H20ClN3O5/c1-11(12-4-2-5-13(18)8-12)20-14(22)10-26-16(24)6-3-7-21-15(23)9-19-17(21)25/h2,4-5,8,11H,3,6-7,9-10H2,1H3,(H,19,25)(H,20,22)/t11-/m0/s1. The Bertz CT molecular complexity index is 693. The number of nitrogens with zero attached hydrogens (tertiary/aromatic N) is 1. The maximum atomic E-state index is 11.9. The van der Waals surface area contributed by atoms with Gasteiger partial charge >= 0.3 is 12.0 Å². The van der Waals surface area contributed by atoms with E-state index in [1.165, 1.54) is 0 Å². The normalized spacial score (nSPS) is 14.8. The van der Waals surface area contributed by atoms with E-state index in [4.69, 9.17) is 16.3 Å². The topological polar surface area (TPSA) is 105 Å². The van der Waals surface area contributed by atoms with E-state index in [1.807, 2.05) is 6.07 Å². The zero-order valence-corrected chi connectivity index (χ0v) is 15.0. The Morgan fingerprint density at radius 2 is 2.15 bits per heavy atom. The lowest BCUT2D eigenvalue weighted by molar-refractivity contribution is -0.149. The molecule has 1 aromatic rings. The van der Waals surface area contributed by atoms with Gasteiger partial charge in [-0.1, -0.05) is 23.7 Å². The van der Waals surface area contributed by atoms with Gasteiger partial charge in [-0.15, -0.1) is 0 Å². The molecule has 4 amide bonds. The molecule has 1 aromatic carbocycles. The zero-order valence-electron chi connectivity index (χ0n) is 14.3. The monoisotopic (exact) mass is 381 g/mol. The number of carbonyl (C=O) groups excluding carboxylic acids is 4. The van der Waals surface area contributed by atoms with Crippen LogP contribution in [0.25, 0.3) is 0 Å². The SMILES string of the molecule is C[C@H](NC(=O)COC(=O)CCCN1C(=O)CNC1=O)c1cccc(Cl)c1. The Kier molecular flexibility index (Phi) is 6.97. The van der Waals surface area contributed by atoms with Crippen molar-refractivity contribution in [3.63, 3.8) is 0 Å². The van der Waals surface area contributed by atoms with Gasteiger partial charge in [0.15, 0.2) is 6.61 Å². The maximum Gasteiger partial charge on any atom is 0.324 e. The smallest absolute Gasteiger partial charge is 0.324 e. The van der Waals surface area contributed by atoms with Gasteiger partial charge in [0.2, 0.25) is 5.91 Å². The van der Waals surface area contributed by atoms with Crippen LogP contribution in [0.1, 0.15) is 31.4 Å². The largest absolute Gasteiger partial charge is 0.456 e. The van der Waals surface area contributed by atoms with Crippen molar-refractivity contribution in [2.45, 2.75) is 25.8 Å². The van der Waals surface area contributed by atoms with E-state index in [0.717, 1.165) is 10.5 Å². The highest BCUT2D eigenvalue weighted by atomic mass is 35.5. The van der Waals surface area contributed by atoms with Gasteiger partial charge in [0.1, 0.15) is 0 Å². The summed E-state index contributed by atoms with van der Waals surface area (Å²) >= 11 is 5.91. The van der Waals surface area contributed by atoms with Gasteiger partial charge < -0.3 is 15.4 Å². The van der Waals surface area contributed by atoms with E-state index in [0.29, 0.717) is 5.02 Å². The van der Waals surface area contributed by atoms with Crippen molar-refractivity contribution in [2.75, 3.05) is 19.7 Å². The van der Waals surface area contributed by atoms with Crippen LogP contribution in [-0.2, 0) is 19.1 Å². The predicted octanol–water partition coefficient (Wildman–Crippen LogP) is 1.39. The lowest BCUT2D eigenvalue weighted by Crippen LogP contribution is -2.32. The molecule has 1 heterocycles. The van der Waals surface area contributed by atoms with Crippen molar-refractivity contribution in [2.24, 2.45) is 0 Å². The van der Waals surface area contributed by atoms with Crippen LogP contribution in [0, 0.1) is 0 Å². The Morgan fingerprint density at radius 3 is 2.81 bits per heavy atom. The molecule has 1 aliphatic heterocycles. The molecule has 0 unspecified atom stereocenters. The van der Waals surface area contributed by atoms with Crippen molar-refractivity contribution in [1.29, 1.82) is 0 Å². The van der Waals surface area contributed by atoms with E-state index in [2.05, 4.69) is 10.6 Å². The van der Waals surface area contributed by atoms with Crippen LogP contribution in [-0.4, -0.2) is 48.4 Å². The third kappa shape index (κ3) is 5.73. The molecule has 0 radical (unpaired) electrons. The molecule has 0 spiro atoms. The number of esters is 1. The summed E-state index contributed by atoms with van der Waals surface area (Å²) in [5, 5.41) is 5.67. The summed E-state index contributed by atoms with van der Waals surface area (Å²) in [6, 6.07) is 6.36. The fourth-order valence-corrected chi connectivity index (χ4v) is 2.62. The number of imide groups is 1.